The number of amides is 1. The van der Waals surface area contributed by atoms with Crippen LogP contribution < -0.4 is 10.1 Å². The van der Waals surface area contributed by atoms with Crippen LogP contribution in [0.3, 0.4) is 0 Å². The summed E-state index contributed by atoms with van der Waals surface area (Å²) in [6, 6.07) is 18.9. The van der Waals surface area contributed by atoms with Gasteiger partial charge in [0.2, 0.25) is 0 Å². The number of thioether (sulfide) groups is 1. The molecule has 0 saturated heterocycles. The van der Waals surface area contributed by atoms with E-state index in [1.807, 2.05) is 60.7 Å². The van der Waals surface area contributed by atoms with E-state index in [2.05, 4.69) is 15.3 Å². The number of nitrogens with zero attached hydrogens (tertiary/aromatic N) is 2. The SMILES string of the molecule is N#C/C(=C\c1ccccc1OCCCSc1ncc[nH]1)C(=O)NCc1ccccc1. The lowest BCUT2D eigenvalue weighted by atomic mass is 10.1. The molecule has 0 fully saturated rings. The second kappa shape index (κ2) is 11.5. The third-order valence-electron chi connectivity index (χ3n) is 4.14. The highest BCUT2D eigenvalue weighted by Crippen LogP contribution is 2.22. The number of carbonyl (C=O) groups is 1. The first-order valence-electron chi connectivity index (χ1n) is 9.54. The fourth-order valence-corrected chi connectivity index (χ4v) is 3.39. The highest BCUT2D eigenvalue weighted by molar-refractivity contribution is 7.99. The fourth-order valence-electron chi connectivity index (χ4n) is 2.65. The van der Waals surface area contributed by atoms with Crippen LogP contribution in [0.1, 0.15) is 17.5 Å². The van der Waals surface area contributed by atoms with Gasteiger partial charge in [-0.3, -0.25) is 4.79 Å². The Labute approximate surface area is 180 Å². The van der Waals surface area contributed by atoms with Crippen LogP contribution >= 0.6 is 11.8 Å². The number of nitrogens with one attached hydrogen (secondary N) is 2. The minimum absolute atomic E-state index is 0.0374. The summed E-state index contributed by atoms with van der Waals surface area (Å²) >= 11 is 1.63. The maximum atomic E-state index is 12.4. The molecule has 0 aliphatic heterocycles. The molecule has 0 atom stereocenters. The van der Waals surface area contributed by atoms with Crippen molar-refractivity contribution < 1.29 is 9.53 Å². The highest BCUT2D eigenvalue weighted by Gasteiger charge is 2.11. The summed E-state index contributed by atoms with van der Waals surface area (Å²) in [6.45, 7) is 0.894. The lowest BCUT2D eigenvalue weighted by Gasteiger charge is -2.10. The van der Waals surface area contributed by atoms with Crippen molar-refractivity contribution in [2.75, 3.05) is 12.4 Å². The summed E-state index contributed by atoms with van der Waals surface area (Å²) in [5, 5.41) is 13.1. The molecule has 3 aromatic rings. The fraction of sp³-hybridized carbons (Fsp3) is 0.174. The number of aromatic nitrogens is 2. The molecule has 0 unspecified atom stereocenters. The number of aromatic amines is 1. The Balaban J connectivity index is 1.56. The minimum Gasteiger partial charge on any atom is -0.493 e. The number of rotatable bonds is 10. The zero-order valence-corrected chi connectivity index (χ0v) is 17.2. The normalized spacial score (nSPS) is 11.0. The van der Waals surface area contributed by atoms with E-state index in [0.717, 1.165) is 22.9 Å². The second-order valence-corrected chi connectivity index (χ2v) is 7.40. The van der Waals surface area contributed by atoms with Gasteiger partial charge in [0.25, 0.3) is 5.91 Å². The van der Waals surface area contributed by atoms with E-state index in [9.17, 15) is 10.1 Å². The molecular formula is C23H22N4O2S. The Morgan fingerprint density at radius 1 is 1.20 bits per heavy atom. The van der Waals surface area contributed by atoms with Crippen LogP contribution in [0, 0.1) is 11.3 Å². The molecule has 0 aliphatic carbocycles. The van der Waals surface area contributed by atoms with Gasteiger partial charge >= 0.3 is 0 Å². The summed E-state index contributed by atoms with van der Waals surface area (Å²) in [4.78, 5) is 19.6. The molecule has 0 spiro atoms. The highest BCUT2D eigenvalue weighted by atomic mass is 32.2. The topological polar surface area (TPSA) is 90.8 Å². The Bertz CT molecular complexity index is 1010. The molecule has 152 valence electrons. The van der Waals surface area contributed by atoms with Crippen LogP contribution in [0.2, 0.25) is 0 Å². The first-order chi connectivity index (χ1) is 14.8. The van der Waals surface area contributed by atoms with E-state index in [-0.39, 0.29) is 5.57 Å². The van der Waals surface area contributed by atoms with E-state index in [1.54, 1.807) is 30.2 Å². The molecule has 7 heteroatoms. The standard InChI is InChI=1S/C23H22N4O2S/c24-16-20(22(28)27-17-18-7-2-1-3-8-18)15-19-9-4-5-10-21(19)29-13-6-14-30-23-25-11-12-26-23/h1-5,7-12,15H,6,13-14,17H2,(H,25,26)(H,27,28)/b20-15+. The first-order valence-corrected chi connectivity index (χ1v) is 10.5. The number of benzene rings is 2. The largest absolute Gasteiger partial charge is 0.493 e. The number of hydrogen-bond donors (Lipinski definition) is 2. The predicted molar refractivity (Wildman–Crippen MR) is 118 cm³/mol. The molecule has 30 heavy (non-hydrogen) atoms. The lowest BCUT2D eigenvalue weighted by Crippen LogP contribution is -2.23. The van der Waals surface area contributed by atoms with Crippen LogP contribution in [-0.4, -0.2) is 28.2 Å². The molecule has 3 rings (SSSR count). The molecule has 2 N–H and O–H groups in total. The molecule has 0 bridgehead atoms. The summed E-state index contributed by atoms with van der Waals surface area (Å²) in [7, 11) is 0. The minimum atomic E-state index is -0.411. The van der Waals surface area contributed by atoms with Gasteiger partial charge in [0, 0.05) is 30.3 Å². The van der Waals surface area contributed by atoms with Crippen molar-refractivity contribution in [2.45, 2.75) is 18.1 Å². The summed E-state index contributed by atoms with van der Waals surface area (Å²) in [6.07, 6.45) is 5.92. The van der Waals surface area contributed by atoms with Crippen molar-refractivity contribution in [3.8, 4) is 11.8 Å². The Hall–Kier alpha value is -3.50. The van der Waals surface area contributed by atoms with Crippen LogP contribution in [0.15, 0.2) is 77.7 Å². The number of hydrogen-bond acceptors (Lipinski definition) is 5. The van der Waals surface area contributed by atoms with Crippen molar-refractivity contribution in [3.05, 3.63) is 83.7 Å². The zero-order valence-electron chi connectivity index (χ0n) is 16.4. The van der Waals surface area contributed by atoms with Gasteiger partial charge < -0.3 is 15.0 Å². The van der Waals surface area contributed by atoms with Crippen molar-refractivity contribution in [2.24, 2.45) is 0 Å². The number of H-pyrrole nitrogens is 1. The van der Waals surface area contributed by atoms with Gasteiger partial charge in [-0.15, -0.1) is 0 Å². The van der Waals surface area contributed by atoms with Crippen LogP contribution in [0.5, 0.6) is 5.75 Å². The van der Waals surface area contributed by atoms with Crippen molar-refractivity contribution >= 4 is 23.7 Å². The van der Waals surface area contributed by atoms with Gasteiger partial charge in [-0.25, -0.2) is 4.98 Å². The van der Waals surface area contributed by atoms with E-state index < -0.39 is 5.91 Å². The van der Waals surface area contributed by atoms with Gasteiger partial charge in [-0.1, -0.05) is 60.3 Å². The molecule has 0 aliphatic rings. The number of ether oxygens (including phenoxy) is 1. The predicted octanol–water partition coefficient (Wildman–Crippen LogP) is 4.19. The number of carbonyl (C=O) groups excluding carboxylic acids is 1. The third kappa shape index (κ3) is 6.54. The summed E-state index contributed by atoms with van der Waals surface area (Å²) in [5.41, 5.74) is 1.71. The first kappa shape index (κ1) is 21.2. The van der Waals surface area contributed by atoms with Crippen LogP contribution in [0.4, 0.5) is 0 Å². The van der Waals surface area contributed by atoms with Crippen LogP contribution in [0.25, 0.3) is 6.08 Å². The molecule has 1 aromatic heterocycles. The zero-order chi connectivity index (χ0) is 21.0. The Morgan fingerprint density at radius 2 is 2.00 bits per heavy atom. The van der Waals surface area contributed by atoms with Gasteiger partial charge in [-0.2, -0.15) is 5.26 Å². The monoisotopic (exact) mass is 418 g/mol. The summed E-state index contributed by atoms with van der Waals surface area (Å²) < 4.78 is 5.88. The molecule has 2 aromatic carbocycles. The Morgan fingerprint density at radius 3 is 2.77 bits per heavy atom. The maximum absolute atomic E-state index is 12.4. The Kier molecular flexibility index (Phi) is 8.12. The van der Waals surface area contributed by atoms with Gasteiger partial charge in [0.15, 0.2) is 5.16 Å². The number of para-hydroxylation sites is 1. The molecule has 1 amide bonds. The average Bonchev–Trinajstić information content (AvgIpc) is 3.30. The number of imidazole rings is 1. The lowest BCUT2D eigenvalue weighted by molar-refractivity contribution is -0.117. The van der Waals surface area contributed by atoms with Gasteiger partial charge in [0.05, 0.1) is 6.61 Å². The average molecular weight is 419 g/mol. The van der Waals surface area contributed by atoms with Crippen molar-refractivity contribution in [1.82, 2.24) is 15.3 Å². The third-order valence-corrected chi connectivity index (χ3v) is 5.13. The van der Waals surface area contributed by atoms with E-state index in [4.69, 9.17) is 4.74 Å². The van der Waals surface area contributed by atoms with E-state index in [0.29, 0.717) is 24.5 Å². The second-order valence-electron chi connectivity index (χ2n) is 6.32. The molecule has 0 saturated carbocycles. The molecule has 6 nitrogen and oxygen atoms in total. The number of nitriles is 1. The van der Waals surface area contributed by atoms with Crippen molar-refractivity contribution in [3.63, 3.8) is 0 Å². The molecule has 1 heterocycles. The van der Waals surface area contributed by atoms with E-state index in [1.165, 1.54) is 0 Å². The maximum Gasteiger partial charge on any atom is 0.262 e. The van der Waals surface area contributed by atoms with Crippen molar-refractivity contribution in [1.29, 1.82) is 5.26 Å². The van der Waals surface area contributed by atoms with Gasteiger partial charge in [0.1, 0.15) is 17.4 Å². The smallest absolute Gasteiger partial charge is 0.262 e. The molecule has 0 radical (unpaired) electrons. The van der Waals surface area contributed by atoms with Crippen LogP contribution in [-0.2, 0) is 11.3 Å². The van der Waals surface area contributed by atoms with Gasteiger partial charge in [-0.05, 0) is 24.1 Å². The summed E-state index contributed by atoms with van der Waals surface area (Å²) in [5.74, 6) is 1.10. The quantitative estimate of drug-likeness (QED) is 0.223. The van der Waals surface area contributed by atoms with E-state index >= 15 is 0 Å². The molecular weight excluding hydrogens is 396 g/mol.